The van der Waals surface area contributed by atoms with E-state index in [9.17, 15) is 14.7 Å². The van der Waals surface area contributed by atoms with Crippen LogP contribution in [0.25, 0.3) is 0 Å². The van der Waals surface area contributed by atoms with Crippen molar-refractivity contribution in [3.05, 3.63) is 60.8 Å². The quantitative estimate of drug-likeness (QED) is 0.0397. The number of unbranched alkanes of at least 4 members (excludes halogenated alkanes) is 19. The number of allylic oxidation sites excluding steroid dienone is 10. The lowest BCUT2D eigenvalue weighted by Crippen LogP contribution is -2.28. The van der Waals surface area contributed by atoms with Crippen molar-refractivity contribution >= 4 is 11.9 Å². The third-order valence-electron chi connectivity index (χ3n) is 8.83. The average molecular weight is 699 g/mol. The molecule has 0 aromatic heterocycles. The highest BCUT2D eigenvalue weighted by molar-refractivity contribution is 5.70. The molecule has 1 N–H and O–H groups in total. The molecule has 0 bridgehead atoms. The highest BCUT2D eigenvalue weighted by Gasteiger charge is 2.16. The van der Waals surface area contributed by atoms with E-state index in [1.54, 1.807) is 0 Å². The Labute approximate surface area is 309 Å². The first-order valence-electron chi connectivity index (χ1n) is 20.8. The first-order valence-corrected chi connectivity index (χ1v) is 20.8. The first kappa shape index (κ1) is 47.6. The van der Waals surface area contributed by atoms with E-state index in [4.69, 9.17) is 9.47 Å². The summed E-state index contributed by atoms with van der Waals surface area (Å²) in [5.74, 6) is -0.598. The number of carbonyl (C=O) groups is 2. The molecule has 0 aromatic carbocycles. The standard InChI is InChI=1S/C45H78O5/c1-3-5-7-9-11-13-15-16-17-18-19-20-21-22-23-24-25-26-27-28-30-32-34-36-38-40-45(48)50-43(41-46)42-49-44(47)39-37-35-33-31-29-14-12-10-8-6-4-2/h5,7,11,13,16-17,19-20,22-23,43,46H,3-4,6,8-10,12,14-15,18,21,24-42H2,1-2H3/b7-5-,13-11-,17-16-,20-19-,23-22-. The molecule has 0 saturated carbocycles. The maximum Gasteiger partial charge on any atom is 0.306 e. The van der Waals surface area contributed by atoms with Crippen molar-refractivity contribution in [3.63, 3.8) is 0 Å². The molecular formula is C45H78O5. The molecule has 5 nitrogen and oxygen atoms in total. The van der Waals surface area contributed by atoms with E-state index in [2.05, 4.69) is 74.6 Å². The van der Waals surface area contributed by atoms with Gasteiger partial charge < -0.3 is 14.6 Å². The van der Waals surface area contributed by atoms with Gasteiger partial charge in [-0.2, -0.15) is 0 Å². The minimum absolute atomic E-state index is 0.0680. The number of carbonyl (C=O) groups excluding carboxylic acids is 2. The van der Waals surface area contributed by atoms with Gasteiger partial charge in [0.15, 0.2) is 6.10 Å². The first-order chi connectivity index (χ1) is 24.6. The molecule has 0 rings (SSSR count). The fourth-order valence-electron chi connectivity index (χ4n) is 5.70. The Hall–Kier alpha value is -2.40. The Morgan fingerprint density at radius 2 is 0.860 bits per heavy atom. The maximum atomic E-state index is 12.2. The summed E-state index contributed by atoms with van der Waals surface area (Å²) in [5, 5.41) is 9.55. The zero-order chi connectivity index (χ0) is 36.4. The highest BCUT2D eigenvalue weighted by Crippen LogP contribution is 2.14. The van der Waals surface area contributed by atoms with Crippen molar-refractivity contribution < 1.29 is 24.2 Å². The van der Waals surface area contributed by atoms with Crippen LogP contribution in [0.2, 0.25) is 0 Å². The molecule has 0 amide bonds. The summed E-state index contributed by atoms with van der Waals surface area (Å²) in [6, 6.07) is 0. The second kappa shape index (κ2) is 41.0. The molecule has 0 fully saturated rings. The van der Waals surface area contributed by atoms with E-state index in [0.717, 1.165) is 70.6 Å². The number of aliphatic hydroxyl groups is 1. The molecule has 5 heteroatoms. The molecule has 0 saturated heterocycles. The third-order valence-corrected chi connectivity index (χ3v) is 8.83. The molecule has 0 radical (unpaired) electrons. The van der Waals surface area contributed by atoms with Crippen LogP contribution >= 0.6 is 0 Å². The van der Waals surface area contributed by atoms with E-state index in [1.165, 1.54) is 96.3 Å². The second-order valence-corrected chi connectivity index (χ2v) is 13.7. The number of ether oxygens (including phenoxy) is 2. The normalized spacial score (nSPS) is 12.8. The fourth-order valence-corrected chi connectivity index (χ4v) is 5.70. The molecule has 0 heterocycles. The summed E-state index contributed by atoms with van der Waals surface area (Å²) >= 11 is 0. The summed E-state index contributed by atoms with van der Waals surface area (Å²) in [6.07, 6.45) is 52.9. The lowest BCUT2D eigenvalue weighted by Gasteiger charge is -2.15. The SMILES string of the molecule is CC/C=C\C/C=C\C/C=C\C/C=C\C/C=C\CCCCCCCCCCCC(=O)OC(CO)COC(=O)CCCCCCCCCCCCC. The van der Waals surface area contributed by atoms with Gasteiger partial charge in [0.05, 0.1) is 6.61 Å². The highest BCUT2D eigenvalue weighted by atomic mass is 16.6. The lowest BCUT2D eigenvalue weighted by atomic mass is 10.1. The van der Waals surface area contributed by atoms with Crippen LogP contribution in [-0.2, 0) is 19.1 Å². The molecule has 0 spiro atoms. The number of aliphatic hydroxyl groups excluding tert-OH is 1. The molecule has 0 aromatic rings. The Kier molecular flexibility index (Phi) is 39.1. The zero-order valence-corrected chi connectivity index (χ0v) is 32.6. The molecule has 0 aliphatic rings. The third kappa shape index (κ3) is 38.4. The van der Waals surface area contributed by atoms with Crippen LogP contribution in [-0.4, -0.2) is 36.4 Å². The zero-order valence-electron chi connectivity index (χ0n) is 32.6. The fraction of sp³-hybridized carbons (Fsp3) is 0.733. The van der Waals surface area contributed by atoms with E-state index in [1.807, 2.05) is 0 Å². The van der Waals surface area contributed by atoms with Gasteiger partial charge in [-0.05, 0) is 57.8 Å². The van der Waals surface area contributed by atoms with Crippen LogP contribution in [0.5, 0.6) is 0 Å². The molecule has 1 atom stereocenters. The van der Waals surface area contributed by atoms with E-state index in [-0.39, 0.29) is 25.2 Å². The Bertz CT molecular complexity index is 884. The van der Waals surface area contributed by atoms with Gasteiger partial charge in [0.1, 0.15) is 6.61 Å². The smallest absolute Gasteiger partial charge is 0.306 e. The summed E-state index contributed by atoms with van der Waals surface area (Å²) in [7, 11) is 0. The maximum absolute atomic E-state index is 12.2. The number of hydrogen-bond donors (Lipinski definition) is 1. The topological polar surface area (TPSA) is 72.8 Å². The molecule has 50 heavy (non-hydrogen) atoms. The largest absolute Gasteiger partial charge is 0.462 e. The summed E-state index contributed by atoms with van der Waals surface area (Å²) < 4.78 is 10.6. The number of esters is 2. The molecule has 288 valence electrons. The molecular weight excluding hydrogens is 620 g/mol. The Balaban J connectivity index is 3.56. The van der Waals surface area contributed by atoms with Crippen molar-refractivity contribution in [3.8, 4) is 0 Å². The molecule has 0 aliphatic carbocycles. The van der Waals surface area contributed by atoms with Crippen LogP contribution in [0, 0.1) is 0 Å². The van der Waals surface area contributed by atoms with Crippen molar-refractivity contribution in [2.75, 3.05) is 13.2 Å². The van der Waals surface area contributed by atoms with Crippen LogP contribution < -0.4 is 0 Å². The number of hydrogen-bond acceptors (Lipinski definition) is 5. The van der Waals surface area contributed by atoms with Gasteiger partial charge in [0, 0.05) is 12.8 Å². The van der Waals surface area contributed by atoms with Gasteiger partial charge in [-0.25, -0.2) is 0 Å². The summed E-state index contributed by atoms with van der Waals surface area (Å²) in [5.41, 5.74) is 0. The van der Waals surface area contributed by atoms with Crippen molar-refractivity contribution in [2.24, 2.45) is 0 Å². The Morgan fingerprint density at radius 3 is 1.30 bits per heavy atom. The van der Waals surface area contributed by atoms with E-state index >= 15 is 0 Å². The van der Waals surface area contributed by atoms with Crippen molar-refractivity contribution in [2.45, 2.75) is 200 Å². The second-order valence-electron chi connectivity index (χ2n) is 13.7. The minimum atomic E-state index is -0.773. The van der Waals surface area contributed by atoms with Gasteiger partial charge in [-0.3, -0.25) is 9.59 Å². The van der Waals surface area contributed by atoms with Crippen molar-refractivity contribution in [1.82, 2.24) is 0 Å². The average Bonchev–Trinajstić information content (AvgIpc) is 3.12. The van der Waals surface area contributed by atoms with E-state index in [0.29, 0.717) is 12.8 Å². The Morgan fingerprint density at radius 1 is 0.480 bits per heavy atom. The van der Waals surface area contributed by atoms with Crippen LogP contribution in [0.15, 0.2) is 60.8 Å². The summed E-state index contributed by atoms with van der Waals surface area (Å²) in [6.45, 7) is 4.01. The van der Waals surface area contributed by atoms with Crippen LogP contribution in [0.3, 0.4) is 0 Å². The molecule has 1 unspecified atom stereocenters. The van der Waals surface area contributed by atoms with E-state index < -0.39 is 6.10 Å². The van der Waals surface area contributed by atoms with Crippen molar-refractivity contribution in [1.29, 1.82) is 0 Å². The predicted molar refractivity (Wildman–Crippen MR) is 214 cm³/mol. The van der Waals surface area contributed by atoms with Gasteiger partial charge in [-0.15, -0.1) is 0 Å². The van der Waals surface area contributed by atoms with Crippen LogP contribution in [0.4, 0.5) is 0 Å². The van der Waals surface area contributed by atoms with Gasteiger partial charge in [-0.1, -0.05) is 184 Å². The van der Waals surface area contributed by atoms with Gasteiger partial charge in [0.25, 0.3) is 0 Å². The predicted octanol–water partition coefficient (Wildman–Crippen LogP) is 13.2. The summed E-state index contributed by atoms with van der Waals surface area (Å²) in [4.78, 5) is 24.2. The lowest BCUT2D eigenvalue weighted by molar-refractivity contribution is -0.161. The van der Waals surface area contributed by atoms with Gasteiger partial charge >= 0.3 is 11.9 Å². The number of rotatable bonds is 37. The molecule has 0 aliphatic heterocycles. The monoisotopic (exact) mass is 699 g/mol. The minimum Gasteiger partial charge on any atom is -0.462 e. The van der Waals surface area contributed by atoms with Gasteiger partial charge in [0.2, 0.25) is 0 Å². The van der Waals surface area contributed by atoms with Crippen LogP contribution in [0.1, 0.15) is 194 Å².